The summed E-state index contributed by atoms with van der Waals surface area (Å²) in [6.07, 6.45) is 2.05. The summed E-state index contributed by atoms with van der Waals surface area (Å²) in [5.74, 6) is -1.18. The molecule has 0 saturated carbocycles. The zero-order chi connectivity index (χ0) is 23.4. The molecule has 0 aliphatic heterocycles. The molecule has 0 unspecified atom stereocenters. The molecule has 0 N–H and O–H groups in total. The fourth-order valence-corrected chi connectivity index (χ4v) is 4.77. The maximum atomic E-state index is 12.3. The molecule has 1 aliphatic rings. The van der Waals surface area contributed by atoms with E-state index in [1.165, 1.54) is 14.0 Å². The van der Waals surface area contributed by atoms with Gasteiger partial charge in [-0.1, -0.05) is 47.5 Å². The SMILES string of the molecule is CCC[C@H]1C(c2ccc(Br)cc2)=C(C=O)[C@@H](c2ccc(OC(C)=O)c(OC)c2)[C@@H]1[N+](=O)[O-]. The van der Waals surface area contributed by atoms with Crippen LogP contribution in [0.1, 0.15) is 43.7 Å². The normalized spacial score (nSPS) is 20.2. The van der Waals surface area contributed by atoms with Crippen molar-refractivity contribution in [1.29, 1.82) is 0 Å². The largest absolute Gasteiger partial charge is 0.493 e. The highest BCUT2D eigenvalue weighted by atomic mass is 79.9. The number of carbonyl (C=O) groups excluding carboxylic acids is 2. The molecule has 0 fully saturated rings. The summed E-state index contributed by atoms with van der Waals surface area (Å²) in [6, 6.07) is 11.3. The molecular weight excluding hydrogens is 478 g/mol. The number of halogens is 1. The molecule has 7 nitrogen and oxygen atoms in total. The molecule has 0 spiro atoms. The third-order valence-corrected chi connectivity index (χ3v) is 6.23. The van der Waals surface area contributed by atoms with Gasteiger partial charge >= 0.3 is 5.97 Å². The Morgan fingerprint density at radius 1 is 1.19 bits per heavy atom. The Hall–Kier alpha value is -3.00. The van der Waals surface area contributed by atoms with Crippen LogP contribution in [0.15, 0.2) is 52.5 Å². The standard InChI is InChI=1S/C24H24BrNO6/c1-4-5-18-22(15-6-9-17(25)10-7-15)19(13-27)23(24(18)26(29)30)16-8-11-20(32-14(2)28)21(12-16)31-3/h6-13,18,23-24H,4-5H2,1-3H3/t18-,23+,24+/m0/s1. The van der Waals surface area contributed by atoms with Crippen molar-refractivity contribution in [2.75, 3.05) is 7.11 Å². The molecule has 3 atom stereocenters. The Kier molecular flexibility index (Phi) is 7.45. The third-order valence-electron chi connectivity index (χ3n) is 5.70. The minimum atomic E-state index is -1.00. The van der Waals surface area contributed by atoms with Gasteiger partial charge in [-0.2, -0.15) is 0 Å². The van der Waals surface area contributed by atoms with Gasteiger partial charge in [-0.05, 0) is 47.4 Å². The lowest BCUT2D eigenvalue weighted by Gasteiger charge is -2.21. The minimum Gasteiger partial charge on any atom is -0.493 e. The van der Waals surface area contributed by atoms with Crippen LogP contribution < -0.4 is 9.47 Å². The fraction of sp³-hybridized carbons (Fsp3) is 0.333. The number of benzene rings is 2. The molecule has 32 heavy (non-hydrogen) atoms. The first kappa shape index (κ1) is 23.7. The van der Waals surface area contributed by atoms with Crippen LogP contribution in [0.25, 0.3) is 5.57 Å². The zero-order valence-corrected chi connectivity index (χ0v) is 19.6. The highest BCUT2D eigenvalue weighted by Crippen LogP contribution is 2.50. The van der Waals surface area contributed by atoms with Gasteiger partial charge in [0.25, 0.3) is 0 Å². The second-order valence-electron chi connectivity index (χ2n) is 7.65. The summed E-state index contributed by atoms with van der Waals surface area (Å²) >= 11 is 3.41. The van der Waals surface area contributed by atoms with Crippen molar-refractivity contribution >= 4 is 33.8 Å². The molecule has 0 radical (unpaired) electrons. The van der Waals surface area contributed by atoms with Crippen LogP contribution in [-0.4, -0.2) is 30.3 Å². The van der Waals surface area contributed by atoms with Crippen molar-refractivity contribution in [3.8, 4) is 11.5 Å². The molecule has 0 saturated heterocycles. The van der Waals surface area contributed by atoms with Crippen molar-refractivity contribution < 1.29 is 24.0 Å². The number of esters is 1. The van der Waals surface area contributed by atoms with E-state index in [-0.39, 0.29) is 16.4 Å². The molecule has 0 bridgehead atoms. The number of hydrogen-bond acceptors (Lipinski definition) is 6. The van der Waals surface area contributed by atoms with E-state index in [1.807, 2.05) is 31.2 Å². The van der Waals surface area contributed by atoms with E-state index in [0.29, 0.717) is 23.1 Å². The topological polar surface area (TPSA) is 95.7 Å². The maximum Gasteiger partial charge on any atom is 0.308 e. The van der Waals surface area contributed by atoms with Crippen LogP contribution in [0.2, 0.25) is 0 Å². The predicted molar refractivity (Wildman–Crippen MR) is 123 cm³/mol. The molecule has 2 aromatic rings. The molecule has 1 aliphatic carbocycles. The van der Waals surface area contributed by atoms with E-state index in [9.17, 15) is 19.7 Å². The number of nitrogens with zero attached hydrogens (tertiary/aromatic N) is 1. The molecular formula is C24H24BrNO6. The van der Waals surface area contributed by atoms with Crippen LogP contribution in [0.5, 0.6) is 11.5 Å². The summed E-state index contributed by atoms with van der Waals surface area (Å²) in [6.45, 7) is 3.25. The zero-order valence-electron chi connectivity index (χ0n) is 18.0. The molecule has 8 heteroatoms. The summed E-state index contributed by atoms with van der Waals surface area (Å²) in [5.41, 5.74) is 2.47. The number of rotatable bonds is 8. The second-order valence-corrected chi connectivity index (χ2v) is 8.56. The van der Waals surface area contributed by atoms with Crippen LogP contribution >= 0.6 is 15.9 Å². The highest BCUT2D eigenvalue weighted by molar-refractivity contribution is 9.10. The number of ether oxygens (including phenoxy) is 2. The summed E-state index contributed by atoms with van der Waals surface area (Å²) in [5, 5.41) is 12.3. The van der Waals surface area contributed by atoms with E-state index in [2.05, 4.69) is 15.9 Å². The van der Waals surface area contributed by atoms with Crippen LogP contribution in [0, 0.1) is 16.0 Å². The average molecular weight is 502 g/mol. The van der Waals surface area contributed by atoms with Gasteiger partial charge in [0.2, 0.25) is 6.04 Å². The third kappa shape index (κ3) is 4.60. The van der Waals surface area contributed by atoms with Gasteiger partial charge < -0.3 is 9.47 Å². The summed E-state index contributed by atoms with van der Waals surface area (Å²) in [4.78, 5) is 35.7. The lowest BCUT2D eigenvalue weighted by Crippen LogP contribution is -2.31. The average Bonchev–Trinajstić information content (AvgIpc) is 3.08. The highest BCUT2D eigenvalue weighted by Gasteiger charge is 2.50. The van der Waals surface area contributed by atoms with Crippen LogP contribution in [-0.2, 0) is 9.59 Å². The monoisotopic (exact) mass is 501 g/mol. The summed E-state index contributed by atoms with van der Waals surface area (Å²) in [7, 11) is 1.43. The van der Waals surface area contributed by atoms with E-state index in [1.54, 1.807) is 18.2 Å². The number of methoxy groups -OCH3 is 1. The van der Waals surface area contributed by atoms with Gasteiger partial charge in [0.1, 0.15) is 6.29 Å². The van der Waals surface area contributed by atoms with E-state index in [0.717, 1.165) is 22.7 Å². The second kappa shape index (κ2) is 10.1. The maximum absolute atomic E-state index is 12.3. The molecule has 0 amide bonds. The number of hydrogen-bond donors (Lipinski definition) is 0. The lowest BCUT2D eigenvalue weighted by molar-refractivity contribution is -0.530. The molecule has 3 rings (SSSR count). The number of carbonyl (C=O) groups is 2. The lowest BCUT2D eigenvalue weighted by atomic mass is 9.84. The molecule has 0 heterocycles. The Bertz CT molecular complexity index is 1060. The molecule has 2 aromatic carbocycles. The van der Waals surface area contributed by atoms with Gasteiger partial charge in [0.05, 0.1) is 18.9 Å². The first-order chi connectivity index (χ1) is 15.3. The Balaban J connectivity index is 2.21. The quantitative estimate of drug-likeness (QED) is 0.162. The van der Waals surface area contributed by atoms with Crippen molar-refractivity contribution in [3.05, 3.63) is 73.8 Å². The van der Waals surface area contributed by atoms with Crippen molar-refractivity contribution in [1.82, 2.24) is 0 Å². The Morgan fingerprint density at radius 2 is 1.88 bits per heavy atom. The van der Waals surface area contributed by atoms with E-state index in [4.69, 9.17) is 9.47 Å². The van der Waals surface area contributed by atoms with Gasteiger partial charge in [0.15, 0.2) is 11.5 Å². The summed E-state index contributed by atoms with van der Waals surface area (Å²) < 4.78 is 11.4. The van der Waals surface area contributed by atoms with Gasteiger partial charge in [0, 0.05) is 21.9 Å². The molecule has 168 valence electrons. The first-order valence-electron chi connectivity index (χ1n) is 10.3. The Morgan fingerprint density at radius 3 is 2.41 bits per heavy atom. The van der Waals surface area contributed by atoms with Gasteiger partial charge in [-0.3, -0.25) is 19.7 Å². The predicted octanol–water partition coefficient (Wildman–Crippen LogP) is 5.19. The van der Waals surface area contributed by atoms with Crippen molar-refractivity contribution in [3.63, 3.8) is 0 Å². The Labute approximate surface area is 194 Å². The van der Waals surface area contributed by atoms with Crippen LogP contribution in [0.4, 0.5) is 0 Å². The minimum absolute atomic E-state index is 0.217. The van der Waals surface area contributed by atoms with E-state index >= 15 is 0 Å². The van der Waals surface area contributed by atoms with Crippen molar-refractivity contribution in [2.24, 2.45) is 5.92 Å². The number of nitro groups is 1. The molecule has 0 aromatic heterocycles. The van der Waals surface area contributed by atoms with Gasteiger partial charge in [-0.15, -0.1) is 0 Å². The smallest absolute Gasteiger partial charge is 0.308 e. The first-order valence-corrected chi connectivity index (χ1v) is 11.1. The number of aldehydes is 1. The van der Waals surface area contributed by atoms with Crippen molar-refractivity contribution in [2.45, 2.75) is 38.6 Å². The fourth-order valence-electron chi connectivity index (χ4n) is 4.50. The van der Waals surface area contributed by atoms with Crippen LogP contribution in [0.3, 0.4) is 0 Å². The van der Waals surface area contributed by atoms with E-state index < -0.39 is 23.8 Å². The van der Waals surface area contributed by atoms with Gasteiger partial charge in [-0.25, -0.2) is 0 Å².